The van der Waals surface area contributed by atoms with Crippen LogP contribution in [-0.4, -0.2) is 21.0 Å². The molecule has 10 heavy (non-hydrogen) atoms. The Kier molecular flexibility index (Phi) is 1.80. The van der Waals surface area contributed by atoms with Crippen molar-refractivity contribution in [3.63, 3.8) is 0 Å². The minimum atomic E-state index is 0.0824. The van der Waals surface area contributed by atoms with E-state index in [0.29, 0.717) is 12.2 Å². The van der Waals surface area contributed by atoms with Gasteiger partial charge in [0.1, 0.15) is 11.6 Å². The maximum Gasteiger partial charge on any atom is 0.158 e. The van der Waals surface area contributed by atoms with Crippen LogP contribution < -0.4 is 0 Å². The molecular weight excluding hydrogens is 130 g/mol. The Morgan fingerprint density at radius 3 is 2.80 bits per heavy atom. The summed E-state index contributed by atoms with van der Waals surface area (Å²) in [7, 11) is 0. The van der Waals surface area contributed by atoms with Crippen LogP contribution in [0.5, 0.6) is 0 Å². The van der Waals surface area contributed by atoms with Gasteiger partial charge in [-0.15, -0.1) is 0 Å². The lowest BCUT2D eigenvalue weighted by Crippen LogP contribution is -1.97. The van der Waals surface area contributed by atoms with Crippen molar-refractivity contribution in [1.29, 1.82) is 0 Å². The van der Waals surface area contributed by atoms with Crippen LogP contribution in [-0.2, 0) is 11.2 Å². The van der Waals surface area contributed by atoms with E-state index in [1.54, 1.807) is 6.92 Å². The van der Waals surface area contributed by atoms with Gasteiger partial charge in [0.05, 0.1) is 6.42 Å². The summed E-state index contributed by atoms with van der Waals surface area (Å²) in [5.41, 5.74) is 0. The van der Waals surface area contributed by atoms with Crippen molar-refractivity contribution in [2.75, 3.05) is 0 Å². The smallest absolute Gasteiger partial charge is 0.158 e. The number of H-pyrrole nitrogens is 1. The number of carbonyl (C=O) groups is 1. The highest BCUT2D eigenvalue weighted by Crippen LogP contribution is 1.91. The fourth-order valence-electron chi connectivity index (χ4n) is 0.691. The van der Waals surface area contributed by atoms with Crippen molar-refractivity contribution in [2.45, 2.75) is 20.3 Å². The average molecular weight is 139 g/mol. The summed E-state index contributed by atoms with van der Waals surface area (Å²) < 4.78 is 0. The first-order chi connectivity index (χ1) is 4.68. The number of carbonyl (C=O) groups excluding carboxylic acids is 1. The Morgan fingerprint density at radius 2 is 2.40 bits per heavy atom. The summed E-state index contributed by atoms with van der Waals surface area (Å²) in [6, 6.07) is 0. The molecule has 0 unspecified atom stereocenters. The number of nitrogens with one attached hydrogen (secondary N) is 1. The molecule has 4 heteroatoms. The van der Waals surface area contributed by atoms with Gasteiger partial charge in [-0.1, -0.05) is 0 Å². The molecule has 0 bridgehead atoms. The highest BCUT2D eigenvalue weighted by Gasteiger charge is 2.01. The first-order valence-corrected chi connectivity index (χ1v) is 3.06. The number of aryl methyl sites for hydroxylation is 1. The predicted octanol–water partition coefficient (Wildman–Crippen LogP) is 0.245. The molecule has 0 aliphatic carbocycles. The molecule has 0 aliphatic rings. The van der Waals surface area contributed by atoms with E-state index in [2.05, 4.69) is 15.2 Å². The van der Waals surface area contributed by atoms with E-state index in [4.69, 9.17) is 0 Å². The topological polar surface area (TPSA) is 58.6 Å². The van der Waals surface area contributed by atoms with Crippen LogP contribution in [0.3, 0.4) is 0 Å². The van der Waals surface area contributed by atoms with Crippen LogP contribution in [0.4, 0.5) is 0 Å². The van der Waals surface area contributed by atoms with Crippen LogP contribution in [0, 0.1) is 6.92 Å². The third-order valence-corrected chi connectivity index (χ3v) is 1.05. The average Bonchev–Trinajstić information content (AvgIpc) is 2.13. The molecule has 0 amide bonds. The molecule has 0 fully saturated rings. The van der Waals surface area contributed by atoms with Crippen molar-refractivity contribution >= 4 is 5.78 Å². The summed E-state index contributed by atoms with van der Waals surface area (Å²) in [6.07, 6.45) is 0.324. The molecule has 54 valence electrons. The van der Waals surface area contributed by atoms with Crippen LogP contribution in [0.25, 0.3) is 0 Å². The highest BCUT2D eigenvalue weighted by molar-refractivity contribution is 5.77. The second-order valence-electron chi connectivity index (χ2n) is 2.22. The van der Waals surface area contributed by atoms with Gasteiger partial charge in [0, 0.05) is 0 Å². The summed E-state index contributed by atoms with van der Waals surface area (Å²) in [6.45, 7) is 3.32. The van der Waals surface area contributed by atoms with Crippen LogP contribution >= 0.6 is 0 Å². The summed E-state index contributed by atoms with van der Waals surface area (Å²) in [4.78, 5) is 14.5. The van der Waals surface area contributed by atoms with Gasteiger partial charge in [-0.05, 0) is 13.8 Å². The van der Waals surface area contributed by atoms with Gasteiger partial charge in [0.25, 0.3) is 0 Å². The number of hydrogen-bond acceptors (Lipinski definition) is 3. The van der Waals surface area contributed by atoms with E-state index < -0.39 is 0 Å². The van der Waals surface area contributed by atoms with Gasteiger partial charge in [0.15, 0.2) is 5.82 Å². The van der Waals surface area contributed by atoms with E-state index in [-0.39, 0.29) is 5.78 Å². The first-order valence-electron chi connectivity index (χ1n) is 3.06. The zero-order valence-electron chi connectivity index (χ0n) is 6.01. The highest BCUT2D eigenvalue weighted by atomic mass is 16.1. The SMILES string of the molecule is CC(=O)Cc1n[nH]c(C)n1. The summed E-state index contributed by atoms with van der Waals surface area (Å²) in [5, 5.41) is 6.46. The molecule has 1 rings (SSSR count). The molecule has 0 atom stereocenters. The Bertz CT molecular complexity index is 241. The van der Waals surface area contributed by atoms with Crippen molar-refractivity contribution in [1.82, 2.24) is 15.2 Å². The minimum Gasteiger partial charge on any atom is -0.300 e. The van der Waals surface area contributed by atoms with Crippen molar-refractivity contribution in [3.05, 3.63) is 11.6 Å². The molecule has 0 spiro atoms. The number of aromatic amines is 1. The number of aromatic nitrogens is 3. The summed E-state index contributed by atoms with van der Waals surface area (Å²) >= 11 is 0. The lowest BCUT2D eigenvalue weighted by atomic mass is 10.3. The van der Waals surface area contributed by atoms with E-state index >= 15 is 0 Å². The Morgan fingerprint density at radius 1 is 1.70 bits per heavy atom. The Labute approximate surface area is 58.7 Å². The molecule has 0 saturated heterocycles. The minimum absolute atomic E-state index is 0.0824. The molecule has 4 nitrogen and oxygen atoms in total. The molecule has 0 saturated carbocycles. The monoisotopic (exact) mass is 139 g/mol. The summed E-state index contributed by atoms with van der Waals surface area (Å²) in [5.74, 6) is 1.40. The number of rotatable bonds is 2. The Hall–Kier alpha value is -1.19. The van der Waals surface area contributed by atoms with Crippen molar-refractivity contribution in [2.24, 2.45) is 0 Å². The number of nitrogens with zero attached hydrogens (tertiary/aromatic N) is 2. The van der Waals surface area contributed by atoms with Crippen LogP contribution in [0.15, 0.2) is 0 Å². The van der Waals surface area contributed by atoms with Crippen molar-refractivity contribution in [3.8, 4) is 0 Å². The van der Waals surface area contributed by atoms with Crippen LogP contribution in [0.1, 0.15) is 18.6 Å². The lowest BCUT2D eigenvalue weighted by Gasteiger charge is -1.83. The van der Waals surface area contributed by atoms with E-state index in [1.165, 1.54) is 6.92 Å². The third-order valence-electron chi connectivity index (χ3n) is 1.05. The predicted molar refractivity (Wildman–Crippen MR) is 35.5 cm³/mol. The van der Waals surface area contributed by atoms with E-state index in [1.807, 2.05) is 0 Å². The van der Waals surface area contributed by atoms with Gasteiger partial charge in [-0.3, -0.25) is 9.89 Å². The molecule has 0 radical (unpaired) electrons. The van der Waals surface area contributed by atoms with Gasteiger partial charge >= 0.3 is 0 Å². The van der Waals surface area contributed by atoms with Gasteiger partial charge in [0.2, 0.25) is 0 Å². The quantitative estimate of drug-likeness (QED) is 0.638. The third kappa shape index (κ3) is 1.65. The fourth-order valence-corrected chi connectivity index (χ4v) is 0.691. The molecule has 0 aliphatic heterocycles. The maximum atomic E-state index is 10.5. The zero-order valence-corrected chi connectivity index (χ0v) is 6.01. The molecule has 1 aromatic heterocycles. The number of hydrogen-bond donors (Lipinski definition) is 1. The number of Topliss-reactive ketones (excluding diaryl/α,β-unsaturated/α-hetero) is 1. The maximum absolute atomic E-state index is 10.5. The van der Waals surface area contributed by atoms with E-state index in [9.17, 15) is 4.79 Å². The van der Waals surface area contributed by atoms with E-state index in [0.717, 1.165) is 5.82 Å². The van der Waals surface area contributed by atoms with Gasteiger partial charge in [-0.25, -0.2) is 4.98 Å². The number of ketones is 1. The van der Waals surface area contributed by atoms with Crippen LogP contribution in [0.2, 0.25) is 0 Å². The first kappa shape index (κ1) is 6.92. The molecule has 1 N–H and O–H groups in total. The second-order valence-corrected chi connectivity index (χ2v) is 2.22. The normalized spacial score (nSPS) is 9.80. The lowest BCUT2D eigenvalue weighted by molar-refractivity contribution is -0.116. The van der Waals surface area contributed by atoms with Crippen molar-refractivity contribution < 1.29 is 4.79 Å². The fraction of sp³-hybridized carbons (Fsp3) is 0.500. The standard InChI is InChI=1S/C6H9N3O/c1-4(10)3-6-7-5(2)8-9-6/h3H2,1-2H3,(H,7,8,9). The zero-order chi connectivity index (χ0) is 7.56. The Balaban J connectivity index is 2.67. The van der Waals surface area contributed by atoms with Gasteiger partial charge < -0.3 is 0 Å². The second kappa shape index (κ2) is 2.60. The molecule has 1 aromatic rings. The largest absolute Gasteiger partial charge is 0.300 e. The molecular formula is C6H9N3O. The molecule has 1 heterocycles. The van der Waals surface area contributed by atoms with Gasteiger partial charge in [-0.2, -0.15) is 5.10 Å². The molecule has 0 aromatic carbocycles.